The molecule has 0 radical (unpaired) electrons. The molecule has 0 atom stereocenters. The minimum Gasteiger partial charge on any atom is -0.450 e. The Morgan fingerprint density at radius 2 is 2.20 bits per heavy atom. The topological polar surface area (TPSA) is 98.4 Å². The highest BCUT2D eigenvalue weighted by Gasteiger charge is 2.19. The molecule has 0 saturated carbocycles. The molecule has 1 amide bonds. The van der Waals surface area contributed by atoms with Crippen molar-refractivity contribution in [1.29, 1.82) is 0 Å². The molecule has 0 unspecified atom stereocenters. The third-order valence-corrected chi connectivity index (χ3v) is 4.09. The molecule has 0 aliphatic heterocycles. The van der Waals surface area contributed by atoms with Crippen LogP contribution >= 0.6 is 11.6 Å². The summed E-state index contributed by atoms with van der Waals surface area (Å²) in [5, 5.41) is 18.4. The fourth-order valence-corrected chi connectivity index (χ4v) is 2.98. The number of nitrogens with one attached hydrogen (secondary N) is 1. The van der Waals surface area contributed by atoms with Crippen LogP contribution in [0.2, 0.25) is 5.02 Å². The molecular weight excluding hydrogens is 348 g/mol. The lowest BCUT2D eigenvalue weighted by Crippen LogP contribution is -2.26. The molecule has 1 aromatic carbocycles. The summed E-state index contributed by atoms with van der Waals surface area (Å²) in [6.07, 6.45) is -0.211. The third-order valence-electron chi connectivity index (χ3n) is 3.86. The van der Waals surface area contributed by atoms with Crippen molar-refractivity contribution in [2.75, 3.05) is 13.2 Å². The van der Waals surface area contributed by atoms with Crippen LogP contribution in [-0.2, 0) is 18.2 Å². The van der Waals surface area contributed by atoms with E-state index in [0.29, 0.717) is 33.4 Å². The standard InChI is InChI=1S/C16H17ClN4O4/c1-3-25-16(23)18-7-6-11-13-14(22)10-8-9(17)4-5-12(10)21(24)15(13)20(2)19-11/h4-5,8,24H,3,6-7H2,1-2H3,(H,18,23). The van der Waals surface area contributed by atoms with Gasteiger partial charge in [0.2, 0.25) is 5.43 Å². The maximum atomic E-state index is 12.9. The van der Waals surface area contributed by atoms with E-state index in [1.165, 1.54) is 10.7 Å². The van der Waals surface area contributed by atoms with E-state index < -0.39 is 6.09 Å². The Bertz CT molecular complexity index is 1020. The van der Waals surface area contributed by atoms with Crippen molar-refractivity contribution < 1.29 is 14.7 Å². The minimum absolute atomic E-state index is 0.253. The average molecular weight is 365 g/mol. The number of fused-ring (bicyclic) bond motifs is 2. The third kappa shape index (κ3) is 3.00. The van der Waals surface area contributed by atoms with Gasteiger partial charge in [0, 0.05) is 25.0 Å². The lowest BCUT2D eigenvalue weighted by Gasteiger charge is -2.07. The van der Waals surface area contributed by atoms with Crippen molar-refractivity contribution in [3.05, 3.63) is 39.1 Å². The maximum absolute atomic E-state index is 12.9. The van der Waals surface area contributed by atoms with Crippen LogP contribution in [0.4, 0.5) is 4.79 Å². The van der Waals surface area contributed by atoms with Gasteiger partial charge in [-0.2, -0.15) is 9.83 Å². The van der Waals surface area contributed by atoms with E-state index in [1.807, 2.05) is 0 Å². The fraction of sp³-hybridized carbons (Fsp3) is 0.312. The number of carbonyl (C=O) groups excluding carboxylic acids is 1. The number of aromatic nitrogens is 3. The highest BCUT2D eigenvalue weighted by atomic mass is 35.5. The highest BCUT2D eigenvalue weighted by Crippen LogP contribution is 2.22. The Morgan fingerprint density at radius 1 is 1.44 bits per heavy atom. The summed E-state index contributed by atoms with van der Waals surface area (Å²) in [6, 6.07) is 4.69. The second-order valence-corrected chi connectivity index (χ2v) is 5.90. The van der Waals surface area contributed by atoms with Gasteiger partial charge in [-0.05, 0) is 25.1 Å². The predicted molar refractivity (Wildman–Crippen MR) is 93.4 cm³/mol. The largest absolute Gasteiger partial charge is 0.450 e. The molecule has 3 rings (SSSR count). The van der Waals surface area contributed by atoms with Gasteiger partial charge in [-0.15, -0.1) is 0 Å². The lowest BCUT2D eigenvalue weighted by molar-refractivity contribution is 0.152. The number of ether oxygens (including phenoxy) is 1. The zero-order valence-corrected chi connectivity index (χ0v) is 14.5. The zero-order chi connectivity index (χ0) is 18.1. The van der Waals surface area contributed by atoms with Crippen molar-refractivity contribution >= 4 is 39.6 Å². The molecule has 132 valence electrons. The van der Waals surface area contributed by atoms with Crippen molar-refractivity contribution in [3.63, 3.8) is 0 Å². The summed E-state index contributed by atoms with van der Waals surface area (Å²) in [4.78, 5) is 24.2. The van der Waals surface area contributed by atoms with Gasteiger partial charge in [-0.3, -0.25) is 4.79 Å². The maximum Gasteiger partial charge on any atom is 0.407 e. The van der Waals surface area contributed by atoms with Gasteiger partial charge in [0.1, 0.15) is 0 Å². The number of carbonyl (C=O) groups is 1. The van der Waals surface area contributed by atoms with Crippen LogP contribution in [0.25, 0.3) is 21.9 Å². The number of hydrogen-bond acceptors (Lipinski definition) is 5. The van der Waals surface area contributed by atoms with Gasteiger partial charge >= 0.3 is 6.09 Å². The summed E-state index contributed by atoms with van der Waals surface area (Å²) in [5.41, 5.74) is 0.841. The van der Waals surface area contributed by atoms with Gasteiger partial charge in [0.15, 0.2) is 5.65 Å². The highest BCUT2D eigenvalue weighted by molar-refractivity contribution is 6.31. The van der Waals surface area contributed by atoms with Crippen LogP contribution < -0.4 is 10.7 Å². The minimum atomic E-state index is -0.528. The number of benzene rings is 1. The van der Waals surface area contributed by atoms with E-state index >= 15 is 0 Å². The van der Waals surface area contributed by atoms with E-state index in [-0.39, 0.29) is 24.2 Å². The predicted octanol–water partition coefficient (Wildman–Crippen LogP) is 2.07. The molecule has 0 aliphatic carbocycles. The molecular formula is C16H17ClN4O4. The summed E-state index contributed by atoms with van der Waals surface area (Å²) >= 11 is 5.98. The first-order chi connectivity index (χ1) is 11.9. The van der Waals surface area contributed by atoms with Crippen LogP contribution in [0.3, 0.4) is 0 Å². The number of aryl methyl sites for hydroxylation is 1. The lowest BCUT2D eigenvalue weighted by atomic mass is 10.1. The molecule has 9 heteroatoms. The molecule has 0 bridgehead atoms. The quantitative estimate of drug-likeness (QED) is 0.690. The van der Waals surface area contributed by atoms with E-state index in [1.54, 1.807) is 26.1 Å². The summed E-state index contributed by atoms with van der Waals surface area (Å²) in [6.45, 7) is 2.25. The Hall–Kier alpha value is -2.74. The number of nitrogens with zero attached hydrogens (tertiary/aromatic N) is 3. The SMILES string of the molecule is CCOC(=O)NCCc1nn(C)c2c1c(=O)c1cc(Cl)ccc1n2O. The Labute approximate surface area is 147 Å². The molecule has 2 aromatic heterocycles. The molecule has 8 nitrogen and oxygen atoms in total. The van der Waals surface area contributed by atoms with Gasteiger partial charge in [-0.1, -0.05) is 11.6 Å². The molecule has 0 fully saturated rings. The number of alkyl carbamates (subject to hydrolysis) is 1. The molecule has 0 saturated heterocycles. The number of amides is 1. The van der Waals surface area contributed by atoms with Crippen molar-refractivity contribution in [2.24, 2.45) is 7.05 Å². The van der Waals surface area contributed by atoms with E-state index in [9.17, 15) is 14.8 Å². The second kappa shape index (κ2) is 6.64. The van der Waals surface area contributed by atoms with Gasteiger partial charge < -0.3 is 15.3 Å². The smallest absolute Gasteiger partial charge is 0.407 e. The molecule has 2 N–H and O–H groups in total. The monoisotopic (exact) mass is 364 g/mol. The summed E-state index contributed by atoms with van der Waals surface area (Å²) in [5.74, 6) is 0. The van der Waals surface area contributed by atoms with Crippen molar-refractivity contribution in [3.8, 4) is 0 Å². The Morgan fingerprint density at radius 3 is 2.92 bits per heavy atom. The molecule has 25 heavy (non-hydrogen) atoms. The Balaban J connectivity index is 2.07. The van der Waals surface area contributed by atoms with E-state index in [4.69, 9.17) is 16.3 Å². The number of hydrogen-bond donors (Lipinski definition) is 2. The normalized spacial score (nSPS) is 11.2. The first-order valence-electron chi connectivity index (χ1n) is 7.73. The summed E-state index contributed by atoms with van der Waals surface area (Å²) < 4.78 is 7.15. The number of halogens is 1. The van der Waals surface area contributed by atoms with Crippen molar-refractivity contribution in [2.45, 2.75) is 13.3 Å². The van der Waals surface area contributed by atoms with Gasteiger partial charge in [0.05, 0.1) is 28.6 Å². The molecule has 2 heterocycles. The van der Waals surface area contributed by atoms with E-state index in [2.05, 4.69) is 10.4 Å². The van der Waals surface area contributed by atoms with E-state index in [0.717, 1.165) is 4.73 Å². The first kappa shape index (κ1) is 17.1. The molecule has 3 aromatic rings. The van der Waals surface area contributed by atoms with Gasteiger partial charge in [-0.25, -0.2) is 9.48 Å². The van der Waals surface area contributed by atoms with Crippen LogP contribution in [0.1, 0.15) is 12.6 Å². The molecule has 0 aliphatic rings. The zero-order valence-electron chi connectivity index (χ0n) is 13.7. The fourth-order valence-electron chi connectivity index (χ4n) is 2.81. The number of rotatable bonds is 4. The summed E-state index contributed by atoms with van der Waals surface area (Å²) in [7, 11) is 1.64. The van der Waals surface area contributed by atoms with Crippen LogP contribution in [-0.4, -0.2) is 39.0 Å². The van der Waals surface area contributed by atoms with Crippen LogP contribution in [0.15, 0.2) is 23.0 Å². The number of pyridine rings is 1. The van der Waals surface area contributed by atoms with Crippen LogP contribution in [0, 0.1) is 0 Å². The first-order valence-corrected chi connectivity index (χ1v) is 8.11. The average Bonchev–Trinajstić information content (AvgIpc) is 2.89. The van der Waals surface area contributed by atoms with Crippen molar-refractivity contribution in [1.82, 2.24) is 19.8 Å². The Kier molecular flexibility index (Phi) is 4.54. The second-order valence-electron chi connectivity index (χ2n) is 5.47. The molecule has 0 spiro atoms. The van der Waals surface area contributed by atoms with Gasteiger partial charge in [0.25, 0.3) is 0 Å². The van der Waals surface area contributed by atoms with Crippen LogP contribution in [0.5, 0.6) is 0 Å².